The van der Waals surface area contributed by atoms with Crippen molar-refractivity contribution in [2.75, 3.05) is 19.6 Å². The zero-order valence-electron chi connectivity index (χ0n) is 18.4. The number of likely N-dealkylation sites (tertiary alicyclic amines) is 1. The molecule has 0 bridgehead atoms. The number of aromatic nitrogens is 3. The van der Waals surface area contributed by atoms with Crippen LogP contribution in [-0.4, -0.2) is 45.0 Å². The van der Waals surface area contributed by atoms with Crippen molar-refractivity contribution in [2.45, 2.75) is 39.8 Å². The van der Waals surface area contributed by atoms with Gasteiger partial charge in [-0.15, -0.1) is 35.3 Å². The van der Waals surface area contributed by atoms with E-state index in [4.69, 9.17) is 9.98 Å². The zero-order valence-corrected chi connectivity index (χ0v) is 21.5. The molecule has 0 amide bonds. The third-order valence-electron chi connectivity index (χ3n) is 5.75. The van der Waals surface area contributed by atoms with Crippen molar-refractivity contribution in [1.29, 1.82) is 0 Å². The third kappa shape index (κ3) is 5.65. The van der Waals surface area contributed by atoms with Crippen LogP contribution in [0, 0.1) is 12.8 Å². The molecule has 2 unspecified atom stereocenters. The lowest BCUT2D eigenvalue weighted by atomic mass is 9.93. The Morgan fingerprint density at radius 1 is 1.29 bits per heavy atom. The predicted octanol–water partition coefficient (Wildman–Crippen LogP) is 4.98. The highest BCUT2D eigenvalue weighted by Gasteiger charge is 2.29. The van der Waals surface area contributed by atoms with Gasteiger partial charge >= 0.3 is 0 Å². The van der Waals surface area contributed by atoms with Gasteiger partial charge in [0.25, 0.3) is 0 Å². The molecule has 0 radical (unpaired) electrons. The van der Waals surface area contributed by atoms with Crippen LogP contribution in [0.1, 0.15) is 36.9 Å². The van der Waals surface area contributed by atoms with Crippen LogP contribution in [0.25, 0.3) is 10.6 Å². The fraction of sp³-hybridized carbons (Fsp3) is 0.435. The largest absolute Gasteiger partial charge is 0.357 e. The normalized spacial score (nSPS) is 19.2. The standard InChI is InChI=1S/C23H30N6S.HI/c1-4-25-23(28-12-10-17(2)20(15-28)29-13-11-24-16-29)26-14-21-18(3)27-22(30-21)19-8-6-5-7-9-19;/h5-9,11,13,16-17,20H,4,10,12,14-15H2,1-3H3,(H,25,26);1H. The summed E-state index contributed by atoms with van der Waals surface area (Å²) in [6, 6.07) is 10.8. The van der Waals surface area contributed by atoms with E-state index in [0.29, 0.717) is 18.5 Å². The minimum Gasteiger partial charge on any atom is -0.357 e. The number of nitrogens with zero attached hydrogens (tertiary/aromatic N) is 5. The lowest BCUT2D eigenvalue weighted by Gasteiger charge is -2.39. The Morgan fingerprint density at radius 3 is 2.81 bits per heavy atom. The van der Waals surface area contributed by atoms with E-state index in [1.165, 1.54) is 10.4 Å². The molecule has 8 heteroatoms. The lowest BCUT2D eigenvalue weighted by Crippen LogP contribution is -2.49. The van der Waals surface area contributed by atoms with Gasteiger partial charge in [-0.05, 0) is 26.2 Å². The maximum atomic E-state index is 4.99. The average Bonchev–Trinajstić information content (AvgIpc) is 3.42. The molecule has 3 heterocycles. The Labute approximate surface area is 205 Å². The SMILES string of the molecule is CCNC(=NCc1sc(-c2ccccc2)nc1C)N1CCC(C)C(n2ccnc2)C1.I. The quantitative estimate of drug-likeness (QED) is 0.277. The summed E-state index contributed by atoms with van der Waals surface area (Å²) < 4.78 is 2.24. The summed E-state index contributed by atoms with van der Waals surface area (Å²) in [5.74, 6) is 1.61. The second-order valence-electron chi connectivity index (χ2n) is 7.85. The molecule has 31 heavy (non-hydrogen) atoms. The van der Waals surface area contributed by atoms with Crippen LogP contribution in [0.15, 0.2) is 54.0 Å². The molecule has 4 rings (SSSR count). The Kier molecular flexibility index (Phi) is 8.48. The molecule has 2 atom stereocenters. The molecule has 1 aromatic carbocycles. The number of guanidine groups is 1. The molecule has 1 N–H and O–H groups in total. The maximum absolute atomic E-state index is 4.99. The highest BCUT2D eigenvalue weighted by molar-refractivity contribution is 14.0. The van der Waals surface area contributed by atoms with E-state index >= 15 is 0 Å². The highest BCUT2D eigenvalue weighted by Crippen LogP contribution is 2.29. The lowest BCUT2D eigenvalue weighted by molar-refractivity contribution is 0.189. The number of rotatable bonds is 5. The number of aryl methyl sites for hydroxylation is 1. The Balaban J connectivity index is 0.00000272. The van der Waals surface area contributed by atoms with Gasteiger partial charge in [-0.1, -0.05) is 37.3 Å². The van der Waals surface area contributed by atoms with Crippen LogP contribution in [0.5, 0.6) is 0 Å². The van der Waals surface area contributed by atoms with Crippen molar-refractivity contribution >= 4 is 41.3 Å². The first-order valence-corrected chi connectivity index (χ1v) is 11.5. The number of thiazole rings is 1. The van der Waals surface area contributed by atoms with Crippen molar-refractivity contribution in [3.05, 3.63) is 59.6 Å². The molecule has 1 aliphatic heterocycles. The number of benzene rings is 1. The number of hydrogen-bond acceptors (Lipinski definition) is 4. The Hall–Kier alpha value is -1.94. The van der Waals surface area contributed by atoms with Crippen molar-refractivity contribution in [3.8, 4) is 10.6 Å². The van der Waals surface area contributed by atoms with Crippen molar-refractivity contribution in [2.24, 2.45) is 10.9 Å². The van der Waals surface area contributed by atoms with Gasteiger partial charge in [0.05, 0.1) is 24.6 Å². The number of imidazole rings is 1. The Morgan fingerprint density at radius 2 is 2.10 bits per heavy atom. The fourth-order valence-corrected chi connectivity index (χ4v) is 4.94. The summed E-state index contributed by atoms with van der Waals surface area (Å²) in [5, 5.41) is 4.56. The number of piperidine rings is 1. The minimum atomic E-state index is 0. The van der Waals surface area contributed by atoms with E-state index in [2.05, 4.69) is 71.0 Å². The van der Waals surface area contributed by atoms with E-state index in [9.17, 15) is 0 Å². The first kappa shape index (κ1) is 23.7. The predicted molar refractivity (Wildman–Crippen MR) is 139 cm³/mol. The minimum absolute atomic E-state index is 0. The fourth-order valence-electron chi connectivity index (χ4n) is 3.95. The molecule has 2 aromatic heterocycles. The van der Waals surface area contributed by atoms with Crippen LogP contribution in [0.4, 0.5) is 0 Å². The molecule has 1 aliphatic rings. The average molecular weight is 551 g/mol. The van der Waals surface area contributed by atoms with Crippen molar-refractivity contribution in [3.63, 3.8) is 0 Å². The molecule has 0 spiro atoms. The Bertz CT molecular complexity index is 969. The molecule has 0 aliphatic carbocycles. The van der Waals surface area contributed by atoms with Crippen LogP contribution in [0.2, 0.25) is 0 Å². The molecule has 166 valence electrons. The maximum Gasteiger partial charge on any atom is 0.194 e. The topological polar surface area (TPSA) is 58.3 Å². The molecule has 1 saturated heterocycles. The molecular weight excluding hydrogens is 519 g/mol. The van der Waals surface area contributed by atoms with Crippen molar-refractivity contribution < 1.29 is 0 Å². The van der Waals surface area contributed by atoms with Crippen LogP contribution in [-0.2, 0) is 6.54 Å². The summed E-state index contributed by atoms with van der Waals surface area (Å²) in [6.07, 6.45) is 7.01. The van der Waals surface area contributed by atoms with Crippen LogP contribution < -0.4 is 5.32 Å². The van der Waals surface area contributed by atoms with Gasteiger partial charge in [0.1, 0.15) is 5.01 Å². The molecule has 0 saturated carbocycles. The van der Waals surface area contributed by atoms with Gasteiger partial charge in [0, 0.05) is 42.5 Å². The van der Waals surface area contributed by atoms with Gasteiger partial charge in [0.15, 0.2) is 5.96 Å². The summed E-state index contributed by atoms with van der Waals surface area (Å²) in [6.45, 7) is 10.0. The number of nitrogens with one attached hydrogen (secondary N) is 1. The summed E-state index contributed by atoms with van der Waals surface area (Å²) in [4.78, 5) is 17.6. The first-order chi connectivity index (χ1) is 14.7. The molecule has 1 fully saturated rings. The number of halogens is 1. The second-order valence-corrected chi connectivity index (χ2v) is 8.94. The first-order valence-electron chi connectivity index (χ1n) is 10.7. The van der Waals surface area contributed by atoms with Gasteiger partial charge in [0.2, 0.25) is 0 Å². The monoisotopic (exact) mass is 550 g/mol. The van der Waals surface area contributed by atoms with E-state index in [1.54, 1.807) is 11.3 Å². The summed E-state index contributed by atoms with van der Waals surface area (Å²) in [7, 11) is 0. The third-order valence-corrected chi connectivity index (χ3v) is 6.94. The van der Waals surface area contributed by atoms with E-state index < -0.39 is 0 Å². The van der Waals surface area contributed by atoms with E-state index in [0.717, 1.165) is 42.7 Å². The van der Waals surface area contributed by atoms with E-state index in [-0.39, 0.29) is 24.0 Å². The van der Waals surface area contributed by atoms with Gasteiger partial charge < -0.3 is 14.8 Å². The van der Waals surface area contributed by atoms with E-state index in [1.807, 2.05) is 18.6 Å². The van der Waals surface area contributed by atoms with Gasteiger partial charge in [-0.3, -0.25) is 0 Å². The van der Waals surface area contributed by atoms with Crippen molar-refractivity contribution in [1.82, 2.24) is 24.8 Å². The number of hydrogen-bond donors (Lipinski definition) is 1. The van der Waals surface area contributed by atoms with Crippen LogP contribution in [0.3, 0.4) is 0 Å². The summed E-state index contributed by atoms with van der Waals surface area (Å²) in [5.41, 5.74) is 2.24. The molecular formula is C23H31IN6S. The summed E-state index contributed by atoms with van der Waals surface area (Å²) >= 11 is 1.74. The molecule has 6 nitrogen and oxygen atoms in total. The molecule has 3 aromatic rings. The van der Waals surface area contributed by atoms with Gasteiger partial charge in [-0.25, -0.2) is 15.0 Å². The van der Waals surface area contributed by atoms with Crippen LogP contribution >= 0.6 is 35.3 Å². The zero-order chi connectivity index (χ0) is 20.9. The second kappa shape index (κ2) is 11.1. The van der Waals surface area contributed by atoms with Gasteiger partial charge in [-0.2, -0.15) is 0 Å². The number of aliphatic imine (C=N–C) groups is 1. The highest BCUT2D eigenvalue weighted by atomic mass is 127. The smallest absolute Gasteiger partial charge is 0.194 e.